The second-order valence-corrected chi connectivity index (χ2v) is 9.46. The molecule has 1 saturated carbocycles. The first-order valence-corrected chi connectivity index (χ1v) is 10.9. The molecular formula is C26H36NO2Y-. The summed E-state index contributed by atoms with van der Waals surface area (Å²) in [4.78, 5) is 3.73. The minimum Gasteiger partial charge on any atom is -0.392 e. The first-order valence-electron chi connectivity index (χ1n) is 10.9. The van der Waals surface area contributed by atoms with Gasteiger partial charge in [0.05, 0.1) is 18.6 Å². The molecule has 4 heteroatoms. The van der Waals surface area contributed by atoms with Crippen LogP contribution in [0.15, 0.2) is 24.3 Å². The van der Waals surface area contributed by atoms with Gasteiger partial charge in [0, 0.05) is 45.0 Å². The number of aliphatic hydroxyl groups is 2. The zero-order valence-electron chi connectivity index (χ0n) is 18.8. The van der Waals surface area contributed by atoms with Gasteiger partial charge >= 0.3 is 0 Å². The van der Waals surface area contributed by atoms with Gasteiger partial charge in [-0.25, -0.2) is 6.57 Å². The fourth-order valence-corrected chi connectivity index (χ4v) is 4.10. The molecule has 1 aliphatic rings. The number of rotatable bonds is 7. The molecule has 2 rings (SSSR count). The topological polar surface area (TPSA) is 44.8 Å². The molecule has 3 nitrogen and oxygen atoms in total. The third kappa shape index (κ3) is 8.09. The van der Waals surface area contributed by atoms with Crippen LogP contribution in [-0.4, -0.2) is 22.4 Å². The molecule has 30 heavy (non-hydrogen) atoms. The van der Waals surface area contributed by atoms with E-state index in [9.17, 15) is 10.2 Å². The smallest absolute Gasteiger partial charge is 0.240 e. The standard InChI is InChI=1S/C26H36NO2.Y/c1-6-7-8-9-11-21-22(27-5)18-24(29)25(21)20-15-13-19(14-16-20)23(28)12-10-17-26(2,3)4;/h13-16,21-25,28-29H,1,6-8,10,12,17-18H2,2-4H3;/q-1;/t21?,22-,23?,24-,25?;/m1./s1. The maximum Gasteiger partial charge on any atom is 0.240 e. The van der Waals surface area contributed by atoms with E-state index in [0.717, 1.165) is 49.7 Å². The van der Waals surface area contributed by atoms with E-state index in [1.165, 1.54) is 0 Å². The SMILES string of the molecule is [C-]#[N+][C@@H]1C[C@@H](O)C(c2ccc(C(O)CCCC(C)(C)C)cc2)C1C#CCCC[CH2-].[Y]. The summed E-state index contributed by atoms with van der Waals surface area (Å²) in [5.74, 6) is 6.18. The van der Waals surface area contributed by atoms with E-state index in [4.69, 9.17) is 6.57 Å². The second kappa shape index (κ2) is 13.0. The Morgan fingerprint density at radius 3 is 2.47 bits per heavy atom. The third-order valence-electron chi connectivity index (χ3n) is 5.80. The summed E-state index contributed by atoms with van der Waals surface area (Å²) < 4.78 is 0. The van der Waals surface area contributed by atoms with Crippen LogP contribution in [0.2, 0.25) is 0 Å². The molecule has 1 radical (unpaired) electrons. The second-order valence-electron chi connectivity index (χ2n) is 9.46. The molecule has 2 N–H and O–H groups in total. The normalized spacial score (nSPS) is 24.3. The molecule has 161 valence electrons. The van der Waals surface area contributed by atoms with Gasteiger partial charge in [-0.15, -0.1) is 5.92 Å². The Bertz CT molecular complexity index is 736. The van der Waals surface area contributed by atoms with E-state index in [1.54, 1.807) is 0 Å². The zero-order valence-corrected chi connectivity index (χ0v) is 21.6. The summed E-state index contributed by atoms with van der Waals surface area (Å²) in [5.41, 5.74) is 2.20. The molecule has 0 amide bonds. The summed E-state index contributed by atoms with van der Waals surface area (Å²) in [7, 11) is 0. The van der Waals surface area contributed by atoms with Crippen molar-refractivity contribution in [3.05, 3.63) is 53.7 Å². The van der Waals surface area contributed by atoms with Crippen molar-refractivity contribution in [1.82, 2.24) is 0 Å². The van der Waals surface area contributed by atoms with Gasteiger partial charge in [-0.3, -0.25) is 0 Å². The van der Waals surface area contributed by atoms with E-state index in [-0.39, 0.29) is 56.0 Å². The number of hydrogen-bond donors (Lipinski definition) is 2. The molecular weight excluding hydrogens is 447 g/mol. The number of benzene rings is 1. The maximum atomic E-state index is 10.6. The van der Waals surface area contributed by atoms with E-state index in [2.05, 4.69) is 44.4 Å². The predicted molar refractivity (Wildman–Crippen MR) is 119 cm³/mol. The Balaban J connectivity index is 0.00000450. The van der Waals surface area contributed by atoms with Crippen LogP contribution in [0.1, 0.15) is 88.9 Å². The van der Waals surface area contributed by atoms with Crippen LogP contribution in [0.25, 0.3) is 4.85 Å². The molecule has 1 fully saturated rings. The van der Waals surface area contributed by atoms with Crippen molar-refractivity contribution in [3.8, 4) is 11.8 Å². The van der Waals surface area contributed by atoms with Crippen molar-refractivity contribution in [2.75, 3.05) is 0 Å². The number of aliphatic hydroxyl groups excluding tert-OH is 2. The maximum absolute atomic E-state index is 10.6. The van der Waals surface area contributed by atoms with E-state index in [1.807, 2.05) is 24.3 Å². The van der Waals surface area contributed by atoms with Crippen molar-refractivity contribution in [1.29, 1.82) is 0 Å². The van der Waals surface area contributed by atoms with Crippen LogP contribution in [0, 0.1) is 36.7 Å². The monoisotopic (exact) mass is 483 g/mol. The first-order chi connectivity index (χ1) is 13.8. The number of hydrogen-bond acceptors (Lipinski definition) is 2. The molecule has 0 saturated heterocycles. The molecule has 5 atom stereocenters. The summed E-state index contributed by atoms with van der Waals surface area (Å²) in [6.07, 6.45) is 4.89. The van der Waals surface area contributed by atoms with E-state index < -0.39 is 12.2 Å². The van der Waals surface area contributed by atoms with Crippen molar-refractivity contribution >= 4 is 0 Å². The summed E-state index contributed by atoms with van der Waals surface area (Å²) >= 11 is 0. The van der Waals surface area contributed by atoms with Crippen molar-refractivity contribution in [2.45, 2.75) is 89.9 Å². The van der Waals surface area contributed by atoms with Gasteiger partial charge in [-0.1, -0.05) is 63.8 Å². The van der Waals surface area contributed by atoms with Crippen molar-refractivity contribution < 1.29 is 42.9 Å². The van der Waals surface area contributed by atoms with Crippen LogP contribution in [0.3, 0.4) is 0 Å². The Labute approximate surface area is 208 Å². The Hall–Kier alpha value is -0.706. The van der Waals surface area contributed by atoms with Gasteiger partial charge in [0.1, 0.15) is 5.92 Å². The quantitative estimate of drug-likeness (QED) is 0.297. The van der Waals surface area contributed by atoms with Gasteiger partial charge in [-0.05, 0) is 29.4 Å². The average molecular weight is 483 g/mol. The average Bonchev–Trinajstić information content (AvgIpc) is 2.99. The van der Waals surface area contributed by atoms with E-state index >= 15 is 0 Å². The van der Waals surface area contributed by atoms with Crippen LogP contribution in [-0.2, 0) is 32.7 Å². The largest absolute Gasteiger partial charge is 0.392 e. The molecule has 0 aromatic heterocycles. The van der Waals surface area contributed by atoms with Crippen LogP contribution in [0.4, 0.5) is 0 Å². The van der Waals surface area contributed by atoms with Crippen LogP contribution in [0.5, 0.6) is 0 Å². The third-order valence-corrected chi connectivity index (χ3v) is 5.80. The molecule has 0 aliphatic heterocycles. The van der Waals surface area contributed by atoms with Gasteiger partial charge in [0.25, 0.3) is 0 Å². The van der Waals surface area contributed by atoms with Gasteiger partial charge < -0.3 is 22.0 Å². The minimum atomic E-state index is -0.552. The fraction of sp³-hybridized carbons (Fsp3) is 0.615. The molecule has 0 bridgehead atoms. The predicted octanol–water partition coefficient (Wildman–Crippen LogP) is 5.69. The zero-order chi connectivity index (χ0) is 21.4. The Morgan fingerprint density at radius 1 is 1.23 bits per heavy atom. The summed E-state index contributed by atoms with van der Waals surface area (Å²) in [5, 5.41) is 21.1. The number of nitrogens with zero attached hydrogens (tertiary/aromatic N) is 1. The van der Waals surface area contributed by atoms with Gasteiger partial charge in [0.15, 0.2) is 0 Å². The molecule has 1 aromatic carbocycles. The fourth-order valence-electron chi connectivity index (χ4n) is 4.10. The molecule has 1 aromatic rings. The van der Waals surface area contributed by atoms with Crippen LogP contribution < -0.4 is 0 Å². The Kier molecular flexibility index (Phi) is 11.8. The van der Waals surface area contributed by atoms with Crippen molar-refractivity contribution in [3.63, 3.8) is 0 Å². The molecule has 3 unspecified atom stereocenters. The first kappa shape index (κ1) is 27.3. The van der Waals surface area contributed by atoms with Crippen LogP contribution >= 0.6 is 0 Å². The Morgan fingerprint density at radius 2 is 1.90 bits per heavy atom. The minimum absolute atomic E-state index is 0. The molecule has 0 heterocycles. The van der Waals surface area contributed by atoms with Gasteiger partial charge in [0.2, 0.25) is 6.04 Å². The molecule has 0 spiro atoms. The number of unbranched alkanes of at least 4 members (excludes halogenated alkanes) is 2. The summed E-state index contributed by atoms with van der Waals surface area (Å²) in [6, 6.07) is 7.65. The van der Waals surface area contributed by atoms with Crippen molar-refractivity contribution in [2.24, 2.45) is 11.3 Å². The summed E-state index contributed by atoms with van der Waals surface area (Å²) in [6.45, 7) is 18.0. The van der Waals surface area contributed by atoms with Gasteiger partial charge in [-0.2, -0.15) is 6.42 Å². The molecule has 1 aliphatic carbocycles. The van der Waals surface area contributed by atoms with E-state index in [0.29, 0.717) is 6.42 Å².